The lowest BCUT2D eigenvalue weighted by molar-refractivity contribution is 0.626. The molecule has 0 amide bonds. The Morgan fingerprint density at radius 2 is 1.89 bits per heavy atom. The summed E-state index contributed by atoms with van der Waals surface area (Å²) in [6.45, 7) is 0.922. The van der Waals surface area contributed by atoms with Gasteiger partial charge in [-0.25, -0.2) is 4.39 Å². The number of hydrogen-bond acceptors (Lipinski definition) is 2. The van der Waals surface area contributed by atoms with Gasteiger partial charge < -0.3 is 0 Å². The molecule has 3 heteroatoms. The van der Waals surface area contributed by atoms with Gasteiger partial charge in [-0.15, -0.1) is 11.8 Å². The molecule has 0 spiro atoms. The van der Waals surface area contributed by atoms with Crippen LogP contribution in [0.5, 0.6) is 0 Å². The molecular weight excluding hydrogens is 257 g/mol. The molecular formula is C16H14FNS. The second kappa shape index (κ2) is 5.57. The predicted molar refractivity (Wildman–Crippen MR) is 79.5 cm³/mol. The molecule has 0 aromatic heterocycles. The highest BCUT2D eigenvalue weighted by atomic mass is 32.2. The summed E-state index contributed by atoms with van der Waals surface area (Å²) in [5, 5.41) is 1.14. The topological polar surface area (TPSA) is 12.4 Å². The summed E-state index contributed by atoms with van der Waals surface area (Å²) in [6, 6.07) is 15.2. The average molecular weight is 271 g/mol. The van der Waals surface area contributed by atoms with Crippen molar-refractivity contribution in [1.82, 2.24) is 0 Å². The molecule has 0 saturated carbocycles. The second-order valence-corrected chi connectivity index (χ2v) is 5.62. The van der Waals surface area contributed by atoms with E-state index < -0.39 is 0 Å². The van der Waals surface area contributed by atoms with Crippen molar-refractivity contribution in [3.8, 4) is 0 Å². The van der Waals surface area contributed by atoms with Crippen LogP contribution < -0.4 is 0 Å². The van der Waals surface area contributed by atoms with E-state index in [2.05, 4.69) is 29.3 Å². The highest BCUT2D eigenvalue weighted by Gasteiger charge is 2.09. The number of thioether (sulfide) groups is 1. The van der Waals surface area contributed by atoms with E-state index in [-0.39, 0.29) is 5.82 Å². The second-order valence-electron chi connectivity index (χ2n) is 4.54. The van der Waals surface area contributed by atoms with Crippen LogP contribution in [0.1, 0.15) is 16.7 Å². The monoisotopic (exact) mass is 271 g/mol. The summed E-state index contributed by atoms with van der Waals surface area (Å²) in [7, 11) is 0. The molecule has 1 heterocycles. The number of halogens is 1. The van der Waals surface area contributed by atoms with Gasteiger partial charge in [0.15, 0.2) is 0 Å². The first-order valence-electron chi connectivity index (χ1n) is 6.32. The molecule has 0 atom stereocenters. The summed E-state index contributed by atoms with van der Waals surface area (Å²) < 4.78 is 13.1. The summed E-state index contributed by atoms with van der Waals surface area (Å²) in [5.74, 6) is 0.909. The van der Waals surface area contributed by atoms with Gasteiger partial charge >= 0.3 is 0 Å². The van der Waals surface area contributed by atoms with Crippen molar-refractivity contribution in [1.29, 1.82) is 0 Å². The highest BCUT2D eigenvalue weighted by molar-refractivity contribution is 8.14. The number of benzene rings is 2. The van der Waals surface area contributed by atoms with Crippen molar-refractivity contribution >= 4 is 16.8 Å². The minimum Gasteiger partial charge on any atom is -0.277 e. The summed E-state index contributed by atoms with van der Waals surface area (Å²) in [5.41, 5.74) is 3.38. The lowest BCUT2D eigenvalue weighted by Gasteiger charge is -2.04. The maximum absolute atomic E-state index is 13.1. The normalized spacial score (nSPS) is 14.5. The Bertz CT molecular complexity index is 604. The summed E-state index contributed by atoms with van der Waals surface area (Å²) in [4.78, 5) is 4.46. The van der Waals surface area contributed by atoms with Crippen LogP contribution >= 0.6 is 11.8 Å². The Morgan fingerprint density at radius 3 is 2.58 bits per heavy atom. The Labute approximate surface area is 116 Å². The van der Waals surface area contributed by atoms with Crippen molar-refractivity contribution in [2.24, 2.45) is 4.99 Å². The molecule has 0 unspecified atom stereocenters. The van der Waals surface area contributed by atoms with E-state index in [4.69, 9.17) is 0 Å². The summed E-state index contributed by atoms with van der Waals surface area (Å²) >= 11 is 1.81. The number of rotatable bonds is 3. The number of aliphatic imine (C=N–C) groups is 1. The van der Waals surface area contributed by atoms with E-state index in [9.17, 15) is 4.39 Å². The predicted octanol–water partition coefficient (Wildman–Crippen LogP) is 3.91. The van der Waals surface area contributed by atoms with Gasteiger partial charge in [0.2, 0.25) is 0 Å². The van der Waals surface area contributed by atoms with Gasteiger partial charge in [0.1, 0.15) is 5.82 Å². The van der Waals surface area contributed by atoms with Crippen LogP contribution in [0.15, 0.2) is 53.5 Å². The van der Waals surface area contributed by atoms with E-state index in [0.29, 0.717) is 0 Å². The van der Waals surface area contributed by atoms with Gasteiger partial charge in [0, 0.05) is 17.9 Å². The van der Waals surface area contributed by atoms with Gasteiger partial charge in [0.25, 0.3) is 0 Å². The van der Waals surface area contributed by atoms with Gasteiger partial charge in [-0.1, -0.05) is 36.4 Å². The smallest absolute Gasteiger partial charge is 0.123 e. The van der Waals surface area contributed by atoms with Gasteiger partial charge in [0.05, 0.1) is 5.04 Å². The van der Waals surface area contributed by atoms with Crippen molar-refractivity contribution in [3.63, 3.8) is 0 Å². The molecule has 19 heavy (non-hydrogen) atoms. The quantitative estimate of drug-likeness (QED) is 0.824. The van der Waals surface area contributed by atoms with E-state index >= 15 is 0 Å². The van der Waals surface area contributed by atoms with E-state index in [1.54, 1.807) is 12.1 Å². The van der Waals surface area contributed by atoms with Gasteiger partial charge in [-0.05, 0) is 29.7 Å². The molecule has 0 saturated heterocycles. The highest BCUT2D eigenvalue weighted by Crippen LogP contribution is 2.20. The van der Waals surface area contributed by atoms with Crippen LogP contribution in [0.25, 0.3) is 0 Å². The van der Waals surface area contributed by atoms with Gasteiger partial charge in [-0.2, -0.15) is 0 Å². The van der Waals surface area contributed by atoms with Gasteiger partial charge in [-0.3, -0.25) is 4.99 Å². The van der Waals surface area contributed by atoms with Crippen LogP contribution in [-0.4, -0.2) is 17.3 Å². The lowest BCUT2D eigenvalue weighted by Crippen LogP contribution is -1.94. The molecule has 1 nitrogen and oxygen atoms in total. The zero-order valence-corrected chi connectivity index (χ0v) is 11.3. The third-order valence-corrected chi connectivity index (χ3v) is 4.11. The van der Waals surface area contributed by atoms with Crippen molar-refractivity contribution in [2.75, 3.05) is 12.3 Å². The van der Waals surface area contributed by atoms with Crippen molar-refractivity contribution < 1.29 is 4.39 Å². The first-order valence-corrected chi connectivity index (χ1v) is 7.31. The first-order chi connectivity index (χ1) is 9.31. The molecule has 1 aliphatic rings. The Hall–Kier alpha value is -1.61. The Balaban J connectivity index is 1.75. The van der Waals surface area contributed by atoms with Crippen LogP contribution in [-0.2, 0) is 6.42 Å². The molecule has 2 aromatic carbocycles. The van der Waals surface area contributed by atoms with E-state index in [1.165, 1.54) is 17.2 Å². The molecule has 0 radical (unpaired) electrons. The number of nitrogens with zero attached hydrogens (tertiary/aromatic N) is 1. The van der Waals surface area contributed by atoms with Crippen LogP contribution in [0.3, 0.4) is 0 Å². The molecule has 0 aliphatic carbocycles. The van der Waals surface area contributed by atoms with E-state index in [0.717, 1.165) is 29.3 Å². The Kier molecular flexibility index (Phi) is 3.65. The zero-order chi connectivity index (χ0) is 13.1. The maximum atomic E-state index is 13.1. The molecule has 1 aliphatic heterocycles. The van der Waals surface area contributed by atoms with Crippen LogP contribution in [0.2, 0.25) is 0 Å². The molecule has 2 aromatic rings. The fraction of sp³-hybridized carbons (Fsp3) is 0.188. The molecule has 0 fully saturated rings. The fourth-order valence-electron chi connectivity index (χ4n) is 2.16. The number of hydrogen-bond donors (Lipinski definition) is 0. The molecule has 0 N–H and O–H groups in total. The first kappa shape index (κ1) is 12.4. The molecule has 96 valence electrons. The summed E-state index contributed by atoms with van der Waals surface area (Å²) in [6.07, 6.45) is 0.762. The third kappa shape index (κ3) is 3.04. The standard InChI is InChI=1S/C16H14FNS/c17-15-3-1-2-13(11-15)10-12-4-6-14(7-5-12)16-18-8-9-19-16/h1-7,11H,8-10H2. The minimum atomic E-state index is -0.175. The third-order valence-electron chi connectivity index (χ3n) is 3.08. The van der Waals surface area contributed by atoms with Crippen molar-refractivity contribution in [3.05, 3.63) is 71.0 Å². The average Bonchev–Trinajstić information content (AvgIpc) is 2.94. The fourth-order valence-corrected chi connectivity index (χ4v) is 3.02. The lowest BCUT2D eigenvalue weighted by atomic mass is 10.0. The van der Waals surface area contributed by atoms with E-state index in [1.807, 2.05) is 17.8 Å². The maximum Gasteiger partial charge on any atom is 0.123 e. The molecule has 0 bridgehead atoms. The minimum absolute atomic E-state index is 0.175. The van der Waals surface area contributed by atoms with Crippen molar-refractivity contribution in [2.45, 2.75) is 6.42 Å². The zero-order valence-electron chi connectivity index (χ0n) is 10.5. The largest absolute Gasteiger partial charge is 0.277 e. The van der Waals surface area contributed by atoms with Crippen LogP contribution in [0, 0.1) is 5.82 Å². The SMILES string of the molecule is Fc1cccc(Cc2ccc(C3=NCCS3)cc2)c1. The Morgan fingerprint density at radius 1 is 1.05 bits per heavy atom. The van der Waals surface area contributed by atoms with Crippen LogP contribution in [0.4, 0.5) is 4.39 Å². The molecule has 3 rings (SSSR count).